The zero-order chi connectivity index (χ0) is 21.7. The SMILES string of the molecule is CC(=O)Nc1ccc(C(=O)NCCN2C(=O)S/C(=C\c3ccc(Cl)cc3)C2=O)cc1. The van der Waals surface area contributed by atoms with Crippen LogP contribution in [-0.4, -0.2) is 41.0 Å². The first-order valence-electron chi connectivity index (χ1n) is 9.00. The molecule has 0 radical (unpaired) electrons. The van der Waals surface area contributed by atoms with Crippen molar-refractivity contribution in [3.05, 3.63) is 69.6 Å². The summed E-state index contributed by atoms with van der Waals surface area (Å²) < 4.78 is 0. The predicted octanol–water partition coefficient (Wildman–Crippen LogP) is 3.76. The summed E-state index contributed by atoms with van der Waals surface area (Å²) in [4.78, 5) is 49.4. The Labute approximate surface area is 182 Å². The van der Waals surface area contributed by atoms with E-state index < -0.39 is 5.91 Å². The highest BCUT2D eigenvalue weighted by Crippen LogP contribution is 2.32. The molecule has 4 amide bonds. The molecule has 1 aliphatic heterocycles. The van der Waals surface area contributed by atoms with Gasteiger partial charge in [-0.1, -0.05) is 23.7 Å². The van der Waals surface area contributed by atoms with Crippen LogP contribution in [0.4, 0.5) is 10.5 Å². The minimum Gasteiger partial charge on any atom is -0.350 e. The molecule has 0 aliphatic carbocycles. The lowest BCUT2D eigenvalue weighted by Gasteiger charge is -2.13. The molecule has 30 heavy (non-hydrogen) atoms. The van der Waals surface area contributed by atoms with Gasteiger partial charge in [0.05, 0.1) is 4.91 Å². The van der Waals surface area contributed by atoms with Crippen molar-refractivity contribution in [1.82, 2.24) is 10.2 Å². The molecular formula is C21H18ClN3O4S. The van der Waals surface area contributed by atoms with Crippen LogP contribution < -0.4 is 10.6 Å². The van der Waals surface area contributed by atoms with E-state index in [0.717, 1.165) is 22.2 Å². The number of carbonyl (C=O) groups excluding carboxylic acids is 4. The molecule has 1 saturated heterocycles. The topological polar surface area (TPSA) is 95.6 Å². The molecule has 7 nitrogen and oxygen atoms in total. The Morgan fingerprint density at radius 2 is 1.73 bits per heavy atom. The number of amides is 4. The predicted molar refractivity (Wildman–Crippen MR) is 117 cm³/mol. The summed E-state index contributed by atoms with van der Waals surface area (Å²) in [6, 6.07) is 13.3. The van der Waals surface area contributed by atoms with Crippen molar-refractivity contribution in [2.24, 2.45) is 0 Å². The number of thioether (sulfide) groups is 1. The Morgan fingerprint density at radius 1 is 1.07 bits per heavy atom. The summed E-state index contributed by atoms with van der Waals surface area (Å²) in [6.07, 6.45) is 1.64. The van der Waals surface area contributed by atoms with E-state index >= 15 is 0 Å². The molecule has 1 aliphatic rings. The van der Waals surface area contributed by atoms with Gasteiger partial charge in [-0.2, -0.15) is 0 Å². The average molecular weight is 444 g/mol. The zero-order valence-electron chi connectivity index (χ0n) is 16.0. The lowest BCUT2D eigenvalue weighted by Crippen LogP contribution is -2.37. The molecule has 1 fully saturated rings. The minimum atomic E-state index is -0.395. The number of halogens is 1. The number of rotatable bonds is 6. The Bertz CT molecular complexity index is 1020. The second-order valence-electron chi connectivity index (χ2n) is 6.40. The van der Waals surface area contributed by atoms with Crippen LogP contribution >= 0.6 is 23.4 Å². The zero-order valence-corrected chi connectivity index (χ0v) is 17.5. The van der Waals surface area contributed by atoms with E-state index in [1.807, 2.05) is 0 Å². The quantitative estimate of drug-likeness (QED) is 0.662. The van der Waals surface area contributed by atoms with Gasteiger partial charge < -0.3 is 10.6 Å². The Morgan fingerprint density at radius 3 is 2.37 bits per heavy atom. The average Bonchev–Trinajstić information content (AvgIpc) is 2.97. The number of carbonyl (C=O) groups is 4. The normalized spacial score (nSPS) is 14.9. The number of hydrogen-bond acceptors (Lipinski definition) is 5. The van der Waals surface area contributed by atoms with Gasteiger partial charge in [-0.15, -0.1) is 0 Å². The first kappa shape index (κ1) is 21.6. The summed E-state index contributed by atoms with van der Waals surface area (Å²) in [5.41, 5.74) is 1.76. The molecule has 154 valence electrons. The highest BCUT2D eigenvalue weighted by Gasteiger charge is 2.34. The van der Waals surface area contributed by atoms with Crippen LogP contribution in [0.15, 0.2) is 53.4 Å². The number of nitrogens with one attached hydrogen (secondary N) is 2. The van der Waals surface area contributed by atoms with Gasteiger partial charge in [0, 0.05) is 36.3 Å². The second kappa shape index (κ2) is 9.60. The highest BCUT2D eigenvalue weighted by atomic mass is 35.5. The van der Waals surface area contributed by atoms with Crippen molar-refractivity contribution in [1.29, 1.82) is 0 Å². The molecule has 0 saturated carbocycles. The molecule has 0 spiro atoms. The van der Waals surface area contributed by atoms with E-state index in [4.69, 9.17) is 11.6 Å². The van der Waals surface area contributed by atoms with Crippen molar-refractivity contribution in [2.45, 2.75) is 6.92 Å². The third kappa shape index (κ3) is 5.49. The summed E-state index contributed by atoms with van der Waals surface area (Å²) in [5.74, 6) is -0.934. The first-order valence-corrected chi connectivity index (χ1v) is 10.2. The van der Waals surface area contributed by atoms with Crippen LogP contribution in [0.5, 0.6) is 0 Å². The smallest absolute Gasteiger partial charge is 0.293 e. The second-order valence-corrected chi connectivity index (χ2v) is 7.83. The molecule has 0 aromatic heterocycles. The monoisotopic (exact) mass is 443 g/mol. The van der Waals surface area contributed by atoms with Crippen LogP contribution in [0.3, 0.4) is 0 Å². The molecular weight excluding hydrogens is 426 g/mol. The van der Waals surface area contributed by atoms with Crippen LogP contribution in [0.25, 0.3) is 6.08 Å². The summed E-state index contributed by atoms with van der Waals surface area (Å²) >= 11 is 6.71. The van der Waals surface area contributed by atoms with Crippen molar-refractivity contribution in [2.75, 3.05) is 18.4 Å². The van der Waals surface area contributed by atoms with Gasteiger partial charge in [-0.25, -0.2) is 0 Å². The molecule has 1 heterocycles. The minimum absolute atomic E-state index is 0.0678. The first-order chi connectivity index (χ1) is 14.3. The van der Waals surface area contributed by atoms with Crippen LogP contribution in [0.2, 0.25) is 5.02 Å². The van der Waals surface area contributed by atoms with E-state index in [1.54, 1.807) is 54.6 Å². The van der Waals surface area contributed by atoms with E-state index in [1.165, 1.54) is 6.92 Å². The van der Waals surface area contributed by atoms with Gasteiger partial charge in [-0.05, 0) is 59.8 Å². The van der Waals surface area contributed by atoms with Crippen molar-refractivity contribution >= 4 is 58.1 Å². The molecule has 0 unspecified atom stereocenters. The maximum Gasteiger partial charge on any atom is 0.293 e. The maximum absolute atomic E-state index is 12.5. The van der Waals surface area contributed by atoms with Gasteiger partial charge in [0.25, 0.3) is 17.1 Å². The highest BCUT2D eigenvalue weighted by molar-refractivity contribution is 8.18. The standard InChI is InChI=1S/C21H18ClN3O4S/c1-13(26)24-17-8-4-15(5-9-17)19(27)23-10-11-25-20(28)18(30-21(25)29)12-14-2-6-16(22)7-3-14/h2-9,12H,10-11H2,1H3,(H,23,27)(H,24,26)/b18-12-. The third-order valence-corrected chi connectivity index (χ3v) is 5.29. The van der Waals surface area contributed by atoms with Gasteiger partial charge >= 0.3 is 0 Å². The van der Waals surface area contributed by atoms with Crippen LogP contribution in [-0.2, 0) is 9.59 Å². The van der Waals surface area contributed by atoms with Gasteiger partial charge in [0.1, 0.15) is 0 Å². The maximum atomic E-state index is 12.5. The van der Waals surface area contributed by atoms with Crippen LogP contribution in [0.1, 0.15) is 22.8 Å². The lowest BCUT2D eigenvalue weighted by molar-refractivity contribution is -0.122. The fourth-order valence-corrected chi connectivity index (χ4v) is 3.69. The third-order valence-electron chi connectivity index (χ3n) is 4.13. The van der Waals surface area contributed by atoms with Gasteiger partial charge in [0.15, 0.2) is 0 Å². The molecule has 0 atom stereocenters. The van der Waals surface area contributed by atoms with Gasteiger partial charge in [-0.3, -0.25) is 24.1 Å². The molecule has 2 N–H and O–H groups in total. The summed E-state index contributed by atoms with van der Waals surface area (Å²) in [6.45, 7) is 1.59. The van der Waals surface area contributed by atoms with Gasteiger partial charge in [0.2, 0.25) is 5.91 Å². The Balaban J connectivity index is 1.54. The fourth-order valence-electron chi connectivity index (χ4n) is 2.69. The number of hydrogen-bond donors (Lipinski definition) is 2. The van der Waals surface area contributed by atoms with Crippen molar-refractivity contribution in [3.63, 3.8) is 0 Å². The van der Waals surface area contributed by atoms with Crippen molar-refractivity contribution < 1.29 is 19.2 Å². The number of anilines is 1. The Hall–Kier alpha value is -3.10. The lowest BCUT2D eigenvalue weighted by atomic mass is 10.2. The van der Waals surface area contributed by atoms with Crippen molar-refractivity contribution in [3.8, 4) is 0 Å². The fraction of sp³-hybridized carbons (Fsp3) is 0.143. The molecule has 2 aromatic rings. The molecule has 0 bridgehead atoms. The van der Waals surface area contributed by atoms with E-state index in [2.05, 4.69) is 10.6 Å². The summed E-state index contributed by atoms with van der Waals surface area (Å²) in [7, 11) is 0. The largest absolute Gasteiger partial charge is 0.350 e. The summed E-state index contributed by atoms with van der Waals surface area (Å²) in [5, 5.41) is 5.50. The molecule has 9 heteroatoms. The van der Waals surface area contributed by atoms with E-state index in [9.17, 15) is 19.2 Å². The van der Waals surface area contributed by atoms with Crippen LogP contribution in [0, 0.1) is 0 Å². The number of imide groups is 1. The van der Waals surface area contributed by atoms with E-state index in [-0.39, 0.29) is 30.1 Å². The molecule has 2 aromatic carbocycles. The molecule has 3 rings (SSSR count). The Kier molecular flexibility index (Phi) is 6.91. The number of benzene rings is 2. The van der Waals surface area contributed by atoms with E-state index in [0.29, 0.717) is 21.2 Å². The number of nitrogens with zero attached hydrogens (tertiary/aromatic N) is 1.